The molecule has 1 heterocycles. The summed E-state index contributed by atoms with van der Waals surface area (Å²) in [5.74, 6) is 1.57. The molecule has 7 nitrogen and oxygen atoms in total. The molecule has 3 atom stereocenters. The van der Waals surface area contributed by atoms with Gasteiger partial charge in [0.25, 0.3) is 0 Å². The summed E-state index contributed by atoms with van der Waals surface area (Å²) in [6.07, 6.45) is 10.6. The van der Waals surface area contributed by atoms with E-state index < -0.39 is 7.51 Å². The SMILES string of the molecule is CN(c1nccc(CCSN)n1)[C@H]1CC[C@@H](OP(=N)(O)C2CCCCC2)C1. The number of rotatable bonds is 8. The van der Waals surface area contributed by atoms with E-state index in [0.29, 0.717) is 0 Å². The minimum atomic E-state index is -3.03. The smallest absolute Gasteiger partial charge is 0.225 e. The first-order chi connectivity index (χ1) is 13.0. The molecule has 27 heavy (non-hydrogen) atoms. The van der Waals surface area contributed by atoms with Gasteiger partial charge in [-0.3, -0.25) is 10.3 Å². The number of aromatic nitrogens is 2. The van der Waals surface area contributed by atoms with Crippen LogP contribution in [0.3, 0.4) is 0 Å². The fraction of sp³-hybridized carbons (Fsp3) is 0.778. The van der Waals surface area contributed by atoms with Gasteiger partial charge in [-0.2, -0.15) is 0 Å². The fourth-order valence-corrected chi connectivity index (χ4v) is 6.34. The van der Waals surface area contributed by atoms with E-state index in [1.54, 1.807) is 6.20 Å². The van der Waals surface area contributed by atoms with Gasteiger partial charge in [0.1, 0.15) is 0 Å². The predicted molar refractivity (Wildman–Crippen MR) is 112 cm³/mol. The Labute approximate surface area is 166 Å². The zero-order valence-electron chi connectivity index (χ0n) is 16.1. The molecule has 2 fully saturated rings. The van der Waals surface area contributed by atoms with Crippen molar-refractivity contribution < 1.29 is 9.42 Å². The van der Waals surface area contributed by atoms with E-state index in [2.05, 4.69) is 14.9 Å². The van der Waals surface area contributed by atoms with Crippen molar-refractivity contribution in [3.8, 4) is 0 Å². The van der Waals surface area contributed by atoms with Crippen molar-refractivity contribution in [2.45, 2.75) is 75.6 Å². The molecule has 0 bridgehead atoms. The molecule has 9 heteroatoms. The number of nitrogens with zero attached hydrogens (tertiary/aromatic N) is 3. The topological polar surface area (TPSA) is 108 Å². The van der Waals surface area contributed by atoms with Gasteiger partial charge in [0, 0.05) is 42.8 Å². The summed E-state index contributed by atoms with van der Waals surface area (Å²) in [6, 6.07) is 2.21. The third-order valence-electron chi connectivity index (χ3n) is 5.78. The quantitative estimate of drug-likeness (QED) is 0.437. The molecule has 3 rings (SSSR count). The first kappa shape index (κ1) is 21.1. The van der Waals surface area contributed by atoms with Crippen LogP contribution >= 0.6 is 19.5 Å². The Kier molecular flexibility index (Phi) is 7.57. The summed E-state index contributed by atoms with van der Waals surface area (Å²) in [4.78, 5) is 21.9. The van der Waals surface area contributed by atoms with E-state index in [4.69, 9.17) is 14.8 Å². The third kappa shape index (κ3) is 5.67. The van der Waals surface area contributed by atoms with Crippen LogP contribution in [0.2, 0.25) is 0 Å². The van der Waals surface area contributed by atoms with E-state index in [0.717, 1.165) is 68.8 Å². The van der Waals surface area contributed by atoms with Crippen molar-refractivity contribution in [3.63, 3.8) is 0 Å². The second-order valence-corrected chi connectivity index (χ2v) is 10.6. The van der Waals surface area contributed by atoms with Crippen molar-refractivity contribution in [2.75, 3.05) is 17.7 Å². The number of nitrogens with two attached hydrogens (primary N) is 1. The Morgan fingerprint density at radius 1 is 1.33 bits per heavy atom. The Morgan fingerprint density at radius 2 is 2.11 bits per heavy atom. The molecule has 4 N–H and O–H groups in total. The van der Waals surface area contributed by atoms with Gasteiger partial charge in [-0.05, 0) is 38.2 Å². The van der Waals surface area contributed by atoms with Gasteiger partial charge in [-0.25, -0.2) is 9.97 Å². The lowest BCUT2D eigenvalue weighted by Gasteiger charge is -2.31. The van der Waals surface area contributed by atoms with Crippen LogP contribution in [0.1, 0.15) is 57.1 Å². The Bertz CT molecular complexity index is 658. The van der Waals surface area contributed by atoms with Crippen molar-refractivity contribution in [3.05, 3.63) is 18.0 Å². The van der Waals surface area contributed by atoms with E-state index >= 15 is 0 Å². The molecule has 0 aliphatic heterocycles. The van der Waals surface area contributed by atoms with Gasteiger partial charge >= 0.3 is 0 Å². The molecule has 1 unspecified atom stereocenters. The number of aryl methyl sites for hydroxylation is 1. The molecule has 1 aromatic heterocycles. The van der Waals surface area contributed by atoms with Gasteiger partial charge < -0.3 is 14.3 Å². The molecule has 0 radical (unpaired) electrons. The summed E-state index contributed by atoms with van der Waals surface area (Å²) in [6.45, 7) is 0. The maximum Gasteiger partial charge on any atom is 0.225 e. The second-order valence-electron chi connectivity index (χ2n) is 7.69. The molecule has 2 saturated carbocycles. The van der Waals surface area contributed by atoms with Crippen LogP contribution in [-0.4, -0.2) is 45.5 Å². The number of nitrogens with one attached hydrogen (secondary N) is 1. The normalized spacial score (nSPS) is 26.0. The highest BCUT2D eigenvalue weighted by Crippen LogP contribution is 2.55. The lowest BCUT2D eigenvalue weighted by atomic mass is 10.0. The average Bonchev–Trinajstić information content (AvgIpc) is 3.14. The number of anilines is 1. The van der Waals surface area contributed by atoms with Gasteiger partial charge in [-0.1, -0.05) is 31.2 Å². The zero-order chi connectivity index (χ0) is 19.3. The molecule has 0 spiro atoms. The first-order valence-corrected chi connectivity index (χ1v) is 12.7. The Hall–Kier alpha value is -0.660. The predicted octanol–water partition coefficient (Wildman–Crippen LogP) is 3.93. The van der Waals surface area contributed by atoms with Crippen LogP contribution in [0.25, 0.3) is 0 Å². The van der Waals surface area contributed by atoms with Crippen molar-refractivity contribution in [1.82, 2.24) is 9.97 Å². The van der Waals surface area contributed by atoms with Crippen LogP contribution in [0.4, 0.5) is 5.95 Å². The number of hydrogen-bond acceptors (Lipinski definition) is 7. The molecule has 2 aliphatic rings. The summed E-state index contributed by atoms with van der Waals surface area (Å²) in [5.41, 5.74) is 1.04. The van der Waals surface area contributed by atoms with Gasteiger partial charge in [-0.15, -0.1) is 0 Å². The molecule has 2 aliphatic carbocycles. The second kappa shape index (κ2) is 9.70. The maximum atomic E-state index is 10.7. The van der Waals surface area contributed by atoms with Crippen molar-refractivity contribution >= 4 is 25.4 Å². The molecule has 0 saturated heterocycles. The summed E-state index contributed by atoms with van der Waals surface area (Å²) in [5, 5.41) is 13.9. The summed E-state index contributed by atoms with van der Waals surface area (Å²) >= 11 is 1.32. The zero-order valence-corrected chi connectivity index (χ0v) is 17.8. The van der Waals surface area contributed by atoms with E-state index in [1.807, 2.05) is 13.1 Å². The van der Waals surface area contributed by atoms with Crippen LogP contribution in [0.5, 0.6) is 0 Å². The van der Waals surface area contributed by atoms with Gasteiger partial charge in [0.2, 0.25) is 13.5 Å². The van der Waals surface area contributed by atoms with Gasteiger partial charge in [0.15, 0.2) is 0 Å². The highest BCUT2D eigenvalue weighted by molar-refractivity contribution is 7.97. The maximum absolute atomic E-state index is 10.7. The van der Waals surface area contributed by atoms with Crippen LogP contribution in [0, 0.1) is 5.16 Å². The lowest BCUT2D eigenvalue weighted by Crippen LogP contribution is -2.31. The molecule has 152 valence electrons. The molecular weight excluding hydrogens is 381 g/mol. The number of hydrogen-bond donors (Lipinski definition) is 3. The fourth-order valence-electron chi connectivity index (χ4n) is 4.13. The minimum Gasteiger partial charge on any atom is -0.341 e. The minimum absolute atomic E-state index is 0.0352. The van der Waals surface area contributed by atoms with Crippen molar-refractivity contribution in [1.29, 1.82) is 5.16 Å². The highest BCUT2D eigenvalue weighted by atomic mass is 32.2. The Morgan fingerprint density at radius 3 is 2.85 bits per heavy atom. The molecule has 0 aromatic carbocycles. The largest absolute Gasteiger partial charge is 0.341 e. The summed E-state index contributed by atoms with van der Waals surface area (Å²) in [7, 11) is -1.01. The van der Waals surface area contributed by atoms with Gasteiger partial charge in [0.05, 0.1) is 6.10 Å². The third-order valence-corrected chi connectivity index (χ3v) is 8.34. The van der Waals surface area contributed by atoms with Crippen LogP contribution < -0.4 is 10.0 Å². The molecule has 1 aromatic rings. The van der Waals surface area contributed by atoms with Crippen molar-refractivity contribution in [2.24, 2.45) is 5.14 Å². The van der Waals surface area contributed by atoms with E-state index in [1.165, 1.54) is 18.4 Å². The Balaban J connectivity index is 1.56. The molecular formula is C18H32N5O2PS. The lowest BCUT2D eigenvalue weighted by molar-refractivity contribution is 0.191. The van der Waals surface area contributed by atoms with E-state index in [9.17, 15) is 4.89 Å². The van der Waals surface area contributed by atoms with Crippen LogP contribution in [-0.2, 0) is 10.9 Å². The first-order valence-electron chi connectivity index (χ1n) is 9.91. The standard InChI is InChI=1S/C18H32N5O2PS/c1-23(18-21-11-9-14(22-18)10-12-27-20)15-7-8-16(13-15)25-26(19,24)17-5-3-2-4-6-17/h9,11,15-17H,2-8,10,12-13,20H2,1H3,(H2,19,24)/t15-,16+,26?/m0/s1. The highest BCUT2D eigenvalue weighted by Gasteiger charge is 2.36. The monoisotopic (exact) mass is 413 g/mol. The summed E-state index contributed by atoms with van der Waals surface area (Å²) < 4.78 is 5.98. The molecule has 0 amide bonds. The van der Waals surface area contributed by atoms with Crippen LogP contribution in [0.15, 0.2) is 12.3 Å². The van der Waals surface area contributed by atoms with E-state index in [-0.39, 0.29) is 17.8 Å². The average molecular weight is 414 g/mol.